The number of nitrogens with zero attached hydrogens (tertiary/aromatic N) is 4. The molecule has 2 aromatic heterocycles. The average Bonchev–Trinajstić information content (AvgIpc) is 3.23. The van der Waals surface area contributed by atoms with E-state index in [-0.39, 0.29) is 0 Å². The van der Waals surface area contributed by atoms with Crippen molar-refractivity contribution in [1.29, 1.82) is 0 Å². The predicted octanol–water partition coefficient (Wildman–Crippen LogP) is 4.29. The molecule has 0 bridgehead atoms. The van der Waals surface area contributed by atoms with Gasteiger partial charge in [0.15, 0.2) is 0 Å². The molecule has 0 saturated heterocycles. The Morgan fingerprint density at radius 3 is 2.79 bits per heavy atom. The Labute approximate surface area is 144 Å². The summed E-state index contributed by atoms with van der Waals surface area (Å²) in [5.74, 6) is 1.25. The van der Waals surface area contributed by atoms with Crippen LogP contribution < -0.4 is 5.43 Å². The number of benzene rings is 1. The van der Waals surface area contributed by atoms with Crippen molar-refractivity contribution in [2.75, 3.05) is 5.43 Å². The normalized spacial score (nSPS) is 11.2. The van der Waals surface area contributed by atoms with Gasteiger partial charge in [-0.3, -0.25) is 5.43 Å². The molecule has 1 aromatic carbocycles. The number of hydrazone groups is 1. The van der Waals surface area contributed by atoms with E-state index >= 15 is 0 Å². The van der Waals surface area contributed by atoms with E-state index in [1.807, 2.05) is 36.6 Å². The highest BCUT2D eigenvalue weighted by Crippen LogP contribution is 2.19. The van der Waals surface area contributed by atoms with E-state index in [0.717, 1.165) is 41.2 Å². The highest BCUT2D eigenvalue weighted by atomic mass is 32.1. The Balaban J connectivity index is 1.61. The molecule has 0 fully saturated rings. The van der Waals surface area contributed by atoms with Crippen LogP contribution in [-0.4, -0.2) is 21.4 Å². The first-order valence-corrected chi connectivity index (χ1v) is 8.76. The number of hydrogen-bond acceptors (Lipinski definition) is 7. The van der Waals surface area contributed by atoms with Gasteiger partial charge in [-0.1, -0.05) is 25.5 Å². The molecule has 7 heteroatoms. The molecule has 0 radical (unpaired) electrons. The minimum Gasteiger partial charge on any atom is -0.421 e. The van der Waals surface area contributed by atoms with Crippen molar-refractivity contribution in [3.63, 3.8) is 0 Å². The number of aryl methyl sites for hydroxylation is 2. The quantitative estimate of drug-likeness (QED) is 0.512. The third-order valence-electron chi connectivity index (χ3n) is 3.36. The van der Waals surface area contributed by atoms with Gasteiger partial charge < -0.3 is 4.42 Å². The summed E-state index contributed by atoms with van der Waals surface area (Å²) in [7, 11) is 0. The topological polar surface area (TPSA) is 76.2 Å². The first-order valence-electron chi connectivity index (χ1n) is 7.88. The summed E-state index contributed by atoms with van der Waals surface area (Å²) >= 11 is 1.53. The first kappa shape index (κ1) is 16.3. The fourth-order valence-corrected chi connectivity index (χ4v) is 2.72. The predicted molar refractivity (Wildman–Crippen MR) is 96.4 cm³/mol. The van der Waals surface area contributed by atoms with Gasteiger partial charge in [-0.2, -0.15) is 5.10 Å². The van der Waals surface area contributed by atoms with Crippen LogP contribution in [0, 0.1) is 6.92 Å². The lowest BCUT2D eigenvalue weighted by Gasteiger charge is -1.97. The molecule has 6 nitrogen and oxygen atoms in total. The van der Waals surface area contributed by atoms with Crippen LogP contribution in [0.15, 0.2) is 39.2 Å². The van der Waals surface area contributed by atoms with Gasteiger partial charge in [0.05, 0.1) is 11.9 Å². The summed E-state index contributed by atoms with van der Waals surface area (Å²) < 4.78 is 5.68. The van der Waals surface area contributed by atoms with Crippen LogP contribution in [0.5, 0.6) is 0 Å². The number of anilines is 1. The maximum atomic E-state index is 5.68. The van der Waals surface area contributed by atoms with Crippen LogP contribution in [0.1, 0.15) is 36.9 Å². The van der Waals surface area contributed by atoms with Crippen LogP contribution in [0.3, 0.4) is 0 Å². The van der Waals surface area contributed by atoms with Crippen molar-refractivity contribution in [3.05, 3.63) is 46.8 Å². The lowest BCUT2D eigenvalue weighted by atomic mass is 10.1. The molecule has 0 aliphatic carbocycles. The molecule has 0 unspecified atom stereocenters. The Bertz CT molecular complexity index is 807. The van der Waals surface area contributed by atoms with E-state index < -0.39 is 0 Å². The molecule has 3 rings (SSSR count). The fourth-order valence-electron chi connectivity index (χ4n) is 2.08. The molecule has 0 aliphatic heterocycles. The SMILES string of the molecule is CCCCc1nnc(-c2ccc(C=NNc3nc(C)cs3)cc2)o1. The lowest BCUT2D eigenvalue weighted by molar-refractivity contribution is 0.496. The maximum Gasteiger partial charge on any atom is 0.247 e. The largest absolute Gasteiger partial charge is 0.421 e. The average molecular weight is 341 g/mol. The third-order valence-corrected chi connectivity index (χ3v) is 4.23. The number of aromatic nitrogens is 3. The fraction of sp³-hybridized carbons (Fsp3) is 0.294. The molecule has 2 heterocycles. The van der Waals surface area contributed by atoms with E-state index in [1.165, 1.54) is 11.3 Å². The van der Waals surface area contributed by atoms with Gasteiger partial charge in [0, 0.05) is 17.4 Å². The number of nitrogens with one attached hydrogen (secondary N) is 1. The van der Waals surface area contributed by atoms with Crippen molar-refractivity contribution >= 4 is 22.7 Å². The molecule has 1 N–H and O–H groups in total. The zero-order valence-corrected chi connectivity index (χ0v) is 14.5. The van der Waals surface area contributed by atoms with Crippen molar-refractivity contribution in [2.45, 2.75) is 33.1 Å². The highest BCUT2D eigenvalue weighted by molar-refractivity contribution is 7.13. The smallest absolute Gasteiger partial charge is 0.247 e. The third kappa shape index (κ3) is 4.26. The zero-order valence-electron chi connectivity index (χ0n) is 13.7. The van der Waals surface area contributed by atoms with E-state index in [4.69, 9.17) is 4.42 Å². The minimum atomic E-state index is 0.556. The van der Waals surface area contributed by atoms with Gasteiger partial charge in [-0.05, 0) is 31.0 Å². The van der Waals surface area contributed by atoms with E-state index in [1.54, 1.807) is 6.21 Å². The summed E-state index contributed by atoms with van der Waals surface area (Å²) in [6.45, 7) is 4.09. The second-order valence-corrected chi connectivity index (χ2v) is 6.25. The molecule has 0 amide bonds. The van der Waals surface area contributed by atoms with Crippen molar-refractivity contribution in [1.82, 2.24) is 15.2 Å². The summed E-state index contributed by atoms with van der Waals surface area (Å²) in [5.41, 5.74) is 5.79. The Morgan fingerprint density at radius 2 is 2.08 bits per heavy atom. The second-order valence-electron chi connectivity index (χ2n) is 5.39. The van der Waals surface area contributed by atoms with Gasteiger partial charge in [0.1, 0.15) is 0 Å². The standard InChI is InChI=1S/C17H19N5OS/c1-3-4-5-15-20-21-16(23-15)14-8-6-13(7-9-14)10-18-22-17-19-12(2)11-24-17/h6-11H,3-5H2,1-2H3,(H,19,22). The summed E-state index contributed by atoms with van der Waals surface area (Å²) in [5, 5.41) is 15.1. The second kappa shape index (κ2) is 7.83. The van der Waals surface area contributed by atoms with Crippen LogP contribution in [0.4, 0.5) is 5.13 Å². The summed E-state index contributed by atoms with van der Waals surface area (Å²) in [4.78, 5) is 4.29. The Kier molecular flexibility index (Phi) is 5.32. The van der Waals surface area contributed by atoms with Crippen molar-refractivity contribution < 1.29 is 4.42 Å². The number of hydrogen-bond donors (Lipinski definition) is 1. The molecule has 0 saturated carbocycles. The van der Waals surface area contributed by atoms with Crippen molar-refractivity contribution in [3.8, 4) is 11.5 Å². The number of rotatable bonds is 7. The Morgan fingerprint density at radius 1 is 1.25 bits per heavy atom. The van der Waals surface area contributed by atoms with Gasteiger partial charge >= 0.3 is 0 Å². The minimum absolute atomic E-state index is 0.556. The van der Waals surface area contributed by atoms with Crippen LogP contribution >= 0.6 is 11.3 Å². The van der Waals surface area contributed by atoms with Crippen LogP contribution in [0.25, 0.3) is 11.5 Å². The molecule has 24 heavy (non-hydrogen) atoms. The molecule has 0 spiro atoms. The van der Waals surface area contributed by atoms with Gasteiger partial charge in [0.2, 0.25) is 16.9 Å². The summed E-state index contributed by atoms with van der Waals surface area (Å²) in [6.07, 6.45) is 4.75. The Hall–Kier alpha value is -2.54. The molecule has 0 aliphatic rings. The highest BCUT2D eigenvalue weighted by Gasteiger charge is 2.07. The molecular weight excluding hydrogens is 322 g/mol. The van der Waals surface area contributed by atoms with Crippen LogP contribution in [-0.2, 0) is 6.42 Å². The first-order chi connectivity index (χ1) is 11.7. The maximum absolute atomic E-state index is 5.68. The molecule has 3 aromatic rings. The van der Waals surface area contributed by atoms with E-state index in [9.17, 15) is 0 Å². The van der Waals surface area contributed by atoms with Gasteiger partial charge in [-0.25, -0.2) is 4.98 Å². The zero-order chi connectivity index (χ0) is 16.8. The molecular formula is C17H19N5OS. The molecule has 0 atom stereocenters. The van der Waals surface area contributed by atoms with Crippen LogP contribution in [0.2, 0.25) is 0 Å². The summed E-state index contributed by atoms with van der Waals surface area (Å²) in [6, 6.07) is 7.82. The number of unbranched alkanes of at least 4 members (excludes halogenated alkanes) is 1. The van der Waals surface area contributed by atoms with E-state index in [2.05, 4.69) is 32.6 Å². The van der Waals surface area contributed by atoms with Gasteiger partial charge in [0.25, 0.3) is 0 Å². The molecule has 124 valence electrons. The van der Waals surface area contributed by atoms with E-state index in [0.29, 0.717) is 11.8 Å². The number of thiazole rings is 1. The van der Waals surface area contributed by atoms with Gasteiger partial charge in [-0.15, -0.1) is 21.5 Å². The monoisotopic (exact) mass is 341 g/mol. The van der Waals surface area contributed by atoms with Crippen molar-refractivity contribution in [2.24, 2.45) is 5.10 Å². The lowest BCUT2D eigenvalue weighted by Crippen LogP contribution is -1.90.